The number of carbonyl (C=O) groups excluding carboxylic acids is 1. The van der Waals surface area contributed by atoms with E-state index in [0.29, 0.717) is 6.07 Å². The van der Waals surface area contributed by atoms with E-state index in [1.54, 1.807) is 13.8 Å². The van der Waals surface area contributed by atoms with Crippen LogP contribution < -0.4 is 10.6 Å². The molecule has 0 aliphatic carbocycles. The van der Waals surface area contributed by atoms with Crippen LogP contribution in [0.4, 0.5) is 24.5 Å². The molecule has 0 saturated heterocycles. The summed E-state index contributed by atoms with van der Waals surface area (Å²) in [7, 11) is -3.84. The molecule has 170 valence electrons. The lowest BCUT2D eigenvalue weighted by atomic mass is 10.1. The third-order valence-electron chi connectivity index (χ3n) is 4.27. The molecule has 0 atom stereocenters. The van der Waals surface area contributed by atoms with Crippen LogP contribution in [0.15, 0.2) is 41.3 Å². The van der Waals surface area contributed by atoms with Gasteiger partial charge in [0.05, 0.1) is 22.8 Å². The summed E-state index contributed by atoms with van der Waals surface area (Å²) in [5.74, 6) is -0.768. The first-order chi connectivity index (χ1) is 14.4. The van der Waals surface area contributed by atoms with Crippen molar-refractivity contribution in [1.29, 1.82) is 0 Å². The van der Waals surface area contributed by atoms with Crippen molar-refractivity contribution in [2.45, 2.75) is 24.9 Å². The van der Waals surface area contributed by atoms with E-state index >= 15 is 0 Å². The molecule has 0 saturated carbocycles. The van der Waals surface area contributed by atoms with Crippen LogP contribution in [0.1, 0.15) is 19.4 Å². The van der Waals surface area contributed by atoms with Crippen molar-refractivity contribution in [3.05, 3.63) is 52.0 Å². The molecule has 31 heavy (non-hydrogen) atoms. The van der Waals surface area contributed by atoms with Crippen molar-refractivity contribution in [2.24, 2.45) is 0 Å². The number of anilines is 2. The quantitative estimate of drug-likeness (QED) is 0.532. The van der Waals surface area contributed by atoms with Gasteiger partial charge in [0.1, 0.15) is 4.90 Å². The molecular formula is C19H20Cl2F3N3O3S. The smallest absolute Gasteiger partial charge is 0.376 e. The van der Waals surface area contributed by atoms with Crippen LogP contribution in [-0.4, -0.2) is 38.3 Å². The van der Waals surface area contributed by atoms with Crippen molar-refractivity contribution in [3.8, 4) is 0 Å². The van der Waals surface area contributed by atoms with Gasteiger partial charge in [0.15, 0.2) is 0 Å². The number of halogens is 5. The normalized spacial score (nSPS) is 12.1. The van der Waals surface area contributed by atoms with Crippen LogP contribution in [-0.2, 0) is 21.0 Å². The van der Waals surface area contributed by atoms with Gasteiger partial charge in [-0.1, -0.05) is 37.0 Å². The SMILES string of the molecule is CCN(CC)S(=O)(=O)c1cc(NCC(=O)Nc2ccc(Cl)cc2C(F)(F)F)ccc1Cl. The molecule has 1 amide bonds. The Morgan fingerprint density at radius 1 is 1.06 bits per heavy atom. The molecule has 0 fully saturated rings. The van der Waals surface area contributed by atoms with E-state index in [0.717, 1.165) is 6.07 Å². The Balaban J connectivity index is 2.17. The Morgan fingerprint density at radius 3 is 2.29 bits per heavy atom. The van der Waals surface area contributed by atoms with Gasteiger partial charge in [0, 0.05) is 23.8 Å². The van der Waals surface area contributed by atoms with Gasteiger partial charge in [-0.3, -0.25) is 4.79 Å². The van der Waals surface area contributed by atoms with Gasteiger partial charge < -0.3 is 10.6 Å². The minimum absolute atomic E-state index is 0.0119. The lowest BCUT2D eigenvalue weighted by Gasteiger charge is -2.20. The van der Waals surface area contributed by atoms with Crippen LogP contribution in [0.5, 0.6) is 0 Å². The van der Waals surface area contributed by atoms with Crippen LogP contribution in [0.2, 0.25) is 10.0 Å². The van der Waals surface area contributed by atoms with Crippen molar-refractivity contribution < 1.29 is 26.4 Å². The number of rotatable bonds is 8. The van der Waals surface area contributed by atoms with E-state index in [4.69, 9.17) is 23.2 Å². The molecule has 6 nitrogen and oxygen atoms in total. The minimum atomic E-state index is -4.70. The maximum atomic E-state index is 13.1. The monoisotopic (exact) mass is 497 g/mol. The van der Waals surface area contributed by atoms with E-state index in [1.807, 2.05) is 0 Å². The van der Waals surface area contributed by atoms with Crippen LogP contribution >= 0.6 is 23.2 Å². The first-order valence-corrected chi connectivity index (χ1v) is 11.3. The number of hydrogen-bond donors (Lipinski definition) is 2. The van der Waals surface area contributed by atoms with Crippen LogP contribution in [0.25, 0.3) is 0 Å². The molecule has 2 aromatic rings. The predicted octanol–water partition coefficient (Wildman–Crippen LogP) is 5.09. The molecule has 0 bridgehead atoms. The topological polar surface area (TPSA) is 78.5 Å². The van der Waals surface area contributed by atoms with Crippen molar-refractivity contribution in [2.75, 3.05) is 30.3 Å². The van der Waals surface area contributed by atoms with Crippen LogP contribution in [0.3, 0.4) is 0 Å². The number of benzene rings is 2. The second kappa shape index (κ2) is 10.1. The van der Waals surface area contributed by atoms with E-state index in [-0.39, 0.29) is 33.7 Å². The Labute approximate surface area is 188 Å². The predicted molar refractivity (Wildman–Crippen MR) is 115 cm³/mol. The Morgan fingerprint density at radius 2 is 1.71 bits per heavy atom. The van der Waals surface area contributed by atoms with Crippen molar-refractivity contribution in [1.82, 2.24) is 4.31 Å². The first kappa shape index (κ1) is 25.3. The van der Waals surface area contributed by atoms with Gasteiger partial charge in [0.25, 0.3) is 0 Å². The number of alkyl halides is 3. The highest BCUT2D eigenvalue weighted by Gasteiger charge is 2.34. The molecule has 0 unspecified atom stereocenters. The fourth-order valence-corrected chi connectivity index (χ4v) is 4.88. The lowest BCUT2D eigenvalue weighted by Crippen LogP contribution is -2.31. The first-order valence-electron chi connectivity index (χ1n) is 9.10. The average Bonchev–Trinajstić information content (AvgIpc) is 2.68. The molecule has 0 heterocycles. The average molecular weight is 498 g/mol. The van der Waals surface area contributed by atoms with Gasteiger partial charge in [-0.2, -0.15) is 17.5 Å². The third kappa shape index (κ3) is 6.25. The minimum Gasteiger partial charge on any atom is -0.376 e. The van der Waals surface area contributed by atoms with E-state index in [2.05, 4.69) is 10.6 Å². The molecule has 0 aliphatic rings. The van der Waals surface area contributed by atoms with E-state index in [9.17, 15) is 26.4 Å². The number of nitrogens with zero attached hydrogens (tertiary/aromatic N) is 1. The molecule has 12 heteroatoms. The van der Waals surface area contributed by atoms with E-state index in [1.165, 1.54) is 28.6 Å². The van der Waals surface area contributed by atoms with Crippen LogP contribution in [0, 0.1) is 0 Å². The van der Waals surface area contributed by atoms with Crippen molar-refractivity contribution in [3.63, 3.8) is 0 Å². The number of amides is 1. The summed E-state index contributed by atoms with van der Waals surface area (Å²) in [5, 5.41) is 4.76. The summed E-state index contributed by atoms with van der Waals surface area (Å²) < 4.78 is 66.1. The maximum absolute atomic E-state index is 13.1. The molecule has 2 N–H and O–H groups in total. The number of hydrogen-bond acceptors (Lipinski definition) is 4. The Bertz CT molecular complexity index is 1060. The fraction of sp³-hybridized carbons (Fsp3) is 0.316. The summed E-state index contributed by atoms with van der Waals surface area (Å²) in [6.45, 7) is 3.46. The maximum Gasteiger partial charge on any atom is 0.418 e. The summed E-state index contributed by atoms with van der Waals surface area (Å²) in [5.41, 5.74) is -1.26. The second-order valence-electron chi connectivity index (χ2n) is 6.32. The second-order valence-corrected chi connectivity index (χ2v) is 9.07. The Hall–Kier alpha value is -2.01. The number of nitrogens with one attached hydrogen (secondary N) is 2. The molecular weight excluding hydrogens is 478 g/mol. The fourth-order valence-electron chi connectivity index (χ4n) is 2.75. The number of carbonyl (C=O) groups is 1. The summed E-state index contributed by atoms with van der Waals surface area (Å²) >= 11 is 11.7. The Kier molecular flexibility index (Phi) is 8.21. The van der Waals surface area contributed by atoms with Gasteiger partial charge >= 0.3 is 6.18 Å². The summed E-state index contributed by atoms with van der Waals surface area (Å²) in [6, 6.07) is 7.09. The highest BCUT2D eigenvalue weighted by Crippen LogP contribution is 2.36. The zero-order valence-corrected chi connectivity index (χ0v) is 18.9. The summed E-state index contributed by atoms with van der Waals surface area (Å²) in [6.07, 6.45) is -4.70. The molecule has 0 spiro atoms. The van der Waals surface area contributed by atoms with Gasteiger partial charge in [-0.05, 0) is 36.4 Å². The van der Waals surface area contributed by atoms with Gasteiger partial charge in [-0.15, -0.1) is 0 Å². The lowest BCUT2D eigenvalue weighted by molar-refractivity contribution is -0.137. The highest BCUT2D eigenvalue weighted by molar-refractivity contribution is 7.89. The number of sulfonamides is 1. The van der Waals surface area contributed by atoms with Crippen molar-refractivity contribution >= 4 is 50.5 Å². The molecule has 2 aromatic carbocycles. The zero-order chi connectivity index (χ0) is 23.4. The molecule has 2 rings (SSSR count). The van der Waals surface area contributed by atoms with Gasteiger partial charge in [0.2, 0.25) is 15.9 Å². The summed E-state index contributed by atoms with van der Waals surface area (Å²) in [4.78, 5) is 12.0. The standard InChI is InChI=1S/C19H20Cl2F3N3O3S/c1-3-27(4-2)31(29,30)17-10-13(6-7-15(17)21)25-11-18(28)26-16-8-5-12(20)9-14(16)19(22,23)24/h5-10,25H,3-4,11H2,1-2H3,(H,26,28). The largest absolute Gasteiger partial charge is 0.418 e. The zero-order valence-electron chi connectivity index (χ0n) is 16.6. The van der Waals surface area contributed by atoms with E-state index < -0.39 is 39.9 Å². The molecule has 0 aromatic heterocycles. The molecule has 0 radical (unpaired) electrons. The highest BCUT2D eigenvalue weighted by atomic mass is 35.5. The van der Waals surface area contributed by atoms with Gasteiger partial charge in [-0.25, -0.2) is 8.42 Å². The molecule has 0 aliphatic heterocycles. The third-order valence-corrected chi connectivity index (χ3v) is 7.04.